The van der Waals surface area contributed by atoms with Crippen molar-refractivity contribution in [3.63, 3.8) is 0 Å². The van der Waals surface area contributed by atoms with E-state index in [9.17, 15) is 4.79 Å². The van der Waals surface area contributed by atoms with Crippen LogP contribution in [0.1, 0.15) is 48.3 Å². The van der Waals surface area contributed by atoms with E-state index in [1.165, 1.54) is 5.56 Å². The van der Waals surface area contributed by atoms with Gasteiger partial charge in [-0.15, -0.1) is 0 Å². The molecule has 31 heavy (non-hydrogen) atoms. The molecule has 1 aliphatic carbocycles. The second-order valence-electron chi connectivity index (χ2n) is 8.23. The molecule has 0 spiro atoms. The predicted molar refractivity (Wildman–Crippen MR) is 122 cm³/mol. The molecule has 0 saturated heterocycles. The fourth-order valence-corrected chi connectivity index (χ4v) is 4.22. The molecule has 3 N–H and O–H groups in total. The van der Waals surface area contributed by atoms with E-state index in [1.54, 1.807) is 0 Å². The number of hydrogen-bond donors (Lipinski definition) is 2. The van der Waals surface area contributed by atoms with Gasteiger partial charge in [-0.25, -0.2) is 9.97 Å². The summed E-state index contributed by atoms with van der Waals surface area (Å²) in [5.41, 5.74) is 11.1. The van der Waals surface area contributed by atoms with Gasteiger partial charge in [0.25, 0.3) is 0 Å². The Morgan fingerprint density at radius 2 is 2.03 bits per heavy atom. The van der Waals surface area contributed by atoms with E-state index in [2.05, 4.69) is 27.0 Å². The molecule has 0 aliphatic heterocycles. The molecule has 2 aromatic heterocycles. The number of nitrogens with two attached hydrogens (primary N) is 1. The van der Waals surface area contributed by atoms with Crippen molar-refractivity contribution in [3.8, 4) is 0 Å². The molecule has 1 aliphatic rings. The standard InChI is InChI=1S/C24H31N5O2/c1-4-31-14-20-28-21-22(15(2)16(3)27-23(21)25)29(20)12-8-11-26-24(30)19-13-18(19)17-9-6-5-7-10-17/h5-7,9-10,18-19H,4,8,11-14H2,1-3H3,(H2,25,27)(H,26,30). The third-order valence-electron chi connectivity index (χ3n) is 6.12. The van der Waals surface area contributed by atoms with Crippen molar-refractivity contribution in [1.29, 1.82) is 0 Å². The highest BCUT2D eigenvalue weighted by atomic mass is 16.5. The van der Waals surface area contributed by atoms with Crippen LogP contribution in [0, 0.1) is 19.8 Å². The van der Waals surface area contributed by atoms with Crippen molar-refractivity contribution in [2.75, 3.05) is 18.9 Å². The maximum absolute atomic E-state index is 12.5. The minimum absolute atomic E-state index is 0.0979. The molecule has 4 rings (SSSR count). The summed E-state index contributed by atoms with van der Waals surface area (Å²) < 4.78 is 7.79. The van der Waals surface area contributed by atoms with Gasteiger partial charge in [0, 0.05) is 31.3 Å². The first-order valence-electron chi connectivity index (χ1n) is 11.0. The van der Waals surface area contributed by atoms with Gasteiger partial charge in [0.2, 0.25) is 5.91 Å². The lowest BCUT2D eigenvalue weighted by Crippen LogP contribution is -2.27. The molecular formula is C24H31N5O2. The van der Waals surface area contributed by atoms with Crippen molar-refractivity contribution < 1.29 is 9.53 Å². The Balaban J connectivity index is 1.40. The summed E-state index contributed by atoms with van der Waals surface area (Å²) in [6, 6.07) is 10.3. The molecule has 0 radical (unpaired) electrons. The van der Waals surface area contributed by atoms with E-state index in [0.29, 0.717) is 31.5 Å². The number of rotatable bonds is 9. The first-order chi connectivity index (χ1) is 15.0. The Bertz CT molecular complexity index is 1080. The highest BCUT2D eigenvalue weighted by Gasteiger charge is 2.43. The summed E-state index contributed by atoms with van der Waals surface area (Å²) in [6.07, 6.45) is 1.74. The van der Waals surface area contributed by atoms with Gasteiger partial charge in [-0.1, -0.05) is 30.3 Å². The molecule has 1 amide bonds. The van der Waals surface area contributed by atoms with E-state index in [1.807, 2.05) is 39.0 Å². The number of carbonyl (C=O) groups excluding carboxylic acids is 1. The number of anilines is 1. The van der Waals surface area contributed by atoms with Crippen molar-refractivity contribution in [2.45, 2.75) is 52.7 Å². The molecule has 7 heteroatoms. The molecule has 2 heterocycles. The SMILES string of the molecule is CCOCc1nc2c(N)nc(C)c(C)c2n1CCCNC(=O)C1CC1c1ccccc1. The van der Waals surface area contributed by atoms with Crippen LogP contribution in [0.4, 0.5) is 5.82 Å². The van der Waals surface area contributed by atoms with Crippen LogP contribution in [0.3, 0.4) is 0 Å². The monoisotopic (exact) mass is 421 g/mol. The van der Waals surface area contributed by atoms with Crippen LogP contribution in [0.25, 0.3) is 11.0 Å². The van der Waals surface area contributed by atoms with Crippen LogP contribution in [-0.2, 0) is 22.7 Å². The number of hydrogen-bond acceptors (Lipinski definition) is 5. The van der Waals surface area contributed by atoms with Crippen LogP contribution in [-0.4, -0.2) is 33.6 Å². The van der Waals surface area contributed by atoms with Gasteiger partial charge >= 0.3 is 0 Å². The Labute approximate surface area is 183 Å². The first-order valence-corrected chi connectivity index (χ1v) is 11.0. The van der Waals surface area contributed by atoms with E-state index in [4.69, 9.17) is 15.5 Å². The fraction of sp³-hybridized carbons (Fsp3) is 0.458. The molecule has 164 valence electrons. The quantitative estimate of drug-likeness (QED) is 0.516. The summed E-state index contributed by atoms with van der Waals surface area (Å²) in [6.45, 7) is 8.38. The van der Waals surface area contributed by atoms with E-state index in [-0.39, 0.29) is 11.8 Å². The average Bonchev–Trinajstić information content (AvgIpc) is 3.49. The Morgan fingerprint density at radius 1 is 1.26 bits per heavy atom. The maximum atomic E-state index is 12.5. The van der Waals surface area contributed by atoms with E-state index in [0.717, 1.165) is 47.5 Å². The number of pyridine rings is 1. The van der Waals surface area contributed by atoms with Crippen LogP contribution in [0.2, 0.25) is 0 Å². The van der Waals surface area contributed by atoms with Crippen LogP contribution in [0.15, 0.2) is 30.3 Å². The topological polar surface area (TPSA) is 95.1 Å². The summed E-state index contributed by atoms with van der Waals surface area (Å²) in [7, 11) is 0. The number of nitrogen functional groups attached to an aromatic ring is 1. The van der Waals surface area contributed by atoms with Gasteiger partial charge in [-0.05, 0) is 50.7 Å². The number of aryl methyl sites for hydroxylation is 3. The molecule has 0 bridgehead atoms. The number of nitrogens with zero attached hydrogens (tertiary/aromatic N) is 3. The van der Waals surface area contributed by atoms with Gasteiger partial charge in [0.05, 0.1) is 5.52 Å². The first kappa shape index (κ1) is 21.3. The van der Waals surface area contributed by atoms with Crippen LogP contribution < -0.4 is 11.1 Å². The maximum Gasteiger partial charge on any atom is 0.223 e. The summed E-state index contributed by atoms with van der Waals surface area (Å²) in [5, 5.41) is 3.11. The molecule has 3 aromatic rings. The number of carbonyl (C=O) groups is 1. The number of aromatic nitrogens is 3. The molecule has 7 nitrogen and oxygen atoms in total. The second kappa shape index (κ2) is 9.06. The van der Waals surface area contributed by atoms with Crippen LogP contribution >= 0.6 is 0 Å². The van der Waals surface area contributed by atoms with Crippen molar-refractivity contribution in [3.05, 3.63) is 53.0 Å². The zero-order valence-corrected chi connectivity index (χ0v) is 18.5. The van der Waals surface area contributed by atoms with Crippen molar-refractivity contribution >= 4 is 22.8 Å². The van der Waals surface area contributed by atoms with Gasteiger partial charge < -0.3 is 20.4 Å². The van der Waals surface area contributed by atoms with E-state index >= 15 is 0 Å². The van der Waals surface area contributed by atoms with E-state index < -0.39 is 0 Å². The Morgan fingerprint density at radius 3 is 2.77 bits per heavy atom. The number of ether oxygens (including phenoxy) is 1. The molecule has 2 atom stereocenters. The zero-order valence-electron chi connectivity index (χ0n) is 18.5. The summed E-state index contributed by atoms with van der Waals surface area (Å²) >= 11 is 0. The number of fused-ring (bicyclic) bond motifs is 1. The third kappa shape index (κ3) is 4.42. The summed E-state index contributed by atoms with van der Waals surface area (Å²) in [4.78, 5) is 21.7. The lowest BCUT2D eigenvalue weighted by atomic mass is 10.1. The molecule has 1 saturated carbocycles. The molecule has 1 aromatic carbocycles. The second-order valence-corrected chi connectivity index (χ2v) is 8.23. The van der Waals surface area contributed by atoms with Gasteiger partial charge in [-0.3, -0.25) is 4.79 Å². The van der Waals surface area contributed by atoms with Gasteiger partial charge in [0.15, 0.2) is 5.82 Å². The lowest BCUT2D eigenvalue weighted by molar-refractivity contribution is -0.122. The minimum atomic E-state index is 0.0979. The molecule has 2 unspecified atom stereocenters. The van der Waals surface area contributed by atoms with Gasteiger partial charge in [-0.2, -0.15) is 0 Å². The number of amides is 1. The Hall–Kier alpha value is -2.93. The smallest absolute Gasteiger partial charge is 0.223 e. The molecular weight excluding hydrogens is 390 g/mol. The summed E-state index contributed by atoms with van der Waals surface area (Å²) in [5.74, 6) is 1.90. The highest BCUT2D eigenvalue weighted by molar-refractivity contribution is 5.88. The minimum Gasteiger partial charge on any atom is -0.382 e. The zero-order chi connectivity index (χ0) is 22.0. The van der Waals surface area contributed by atoms with Crippen LogP contribution in [0.5, 0.6) is 0 Å². The predicted octanol–water partition coefficient (Wildman–Crippen LogP) is 3.48. The fourth-order valence-electron chi connectivity index (χ4n) is 4.22. The average molecular weight is 422 g/mol. The normalized spacial score (nSPS) is 17.8. The largest absolute Gasteiger partial charge is 0.382 e. The number of imidazole rings is 1. The number of benzene rings is 1. The third-order valence-corrected chi connectivity index (χ3v) is 6.12. The highest BCUT2D eigenvalue weighted by Crippen LogP contribution is 2.47. The Kier molecular flexibility index (Phi) is 6.23. The van der Waals surface area contributed by atoms with Crippen molar-refractivity contribution in [2.24, 2.45) is 5.92 Å². The number of nitrogens with one attached hydrogen (secondary N) is 1. The van der Waals surface area contributed by atoms with Crippen molar-refractivity contribution in [1.82, 2.24) is 19.9 Å². The van der Waals surface area contributed by atoms with Gasteiger partial charge in [0.1, 0.15) is 17.9 Å². The lowest BCUT2D eigenvalue weighted by Gasteiger charge is -2.12. The molecule has 1 fully saturated rings.